The Morgan fingerprint density at radius 2 is 1.93 bits per heavy atom. The lowest BCUT2D eigenvalue weighted by molar-refractivity contribution is -0.155. The maximum Gasteiger partial charge on any atom is 0.332 e. The highest BCUT2D eigenvalue weighted by atomic mass is 16.6. The van der Waals surface area contributed by atoms with E-state index < -0.39 is 36.4 Å². The summed E-state index contributed by atoms with van der Waals surface area (Å²) >= 11 is 0. The van der Waals surface area contributed by atoms with Crippen molar-refractivity contribution in [3.63, 3.8) is 0 Å². The molecular weight excluding hydrogens is 380 g/mol. The van der Waals surface area contributed by atoms with Crippen molar-refractivity contribution in [1.82, 2.24) is 14.8 Å². The van der Waals surface area contributed by atoms with E-state index in [0.717, 1.165) is 11.0 Å². The van der Waals surface area contributed by atoms with Crippen molar-refractivity contribution < 1.29 is 43.5 Å². The second kappa shape index (κ2) is 11.0. The molecule has 13 heteroatoms. The summed E-state index contributed by atoms with van der Waals surface area (Å²) in [5, 5.41) is 23.9. The molecule has 2 heterocycles. The lowest BCUT2D eigenvalue weighted by Crippen LogP contribution is -2.34. The van der Waals surface area contributed by atoms with Crippen LogP contribution in [0.15, 0.2) is 6.33 Å². The van der Waals surface area contributed by atoms with Gasteiger partial charge in [-0.2, -0.15) is 0 Å². The summed E-state index contributed by atoms with van der Waals surface area (Å²) < 4.78 is 26.6. The summed E-state index contributed by atoms with van der Waals surface area (Å²) in [5.74, 6) is -1.77. The molecule has 0 bridgehead atoms. The monoisotopic (exact) mass is 404 g/mol. The van der Waals surface area contributed by atoms with Crippen LogP contribution in [-0.4, -0.2) is 102 Å². The molecule has 0 aromatic carbocycles. The van der Waals surface area contributed by atoms with Gasteiger partial charge in [0.15, 0.2) is 6.23 Å². The minimum absolute atomic E-state index is 0.205. The molecule has 1 fully saturated rings. The smallest absolute Gasteiger partial charge is 0.332 e. The minimum Gasteiger partial charge on any atom is -0.461 e. The van der Waals surface area contributed by atoms with Crippen LogP contribution in [0.3, 0.4) is 0 Å². The van der Waals surface area contributed by atoms with Gasteiger partial charge < -0.3 is 39.6 Å². The normalized spacial score (nSPS) is 24.4. The van der Waals surface area contributed by atoms with E-state index >= 15 is 0 Å². The molecule has 1 aromatic heterocycles. The first-order chi connectivity index (χ1) is 13.4. The number of carbonyl (C=O) groups excluding carboxylic acids is 2. The molecule has 0 spiro atoms. The number of carbonyl (C=O) groups is 2. The van der Waals surface area contributed by atoms with Crippen molar-refractivity contribution >= 4 is 11.9 Å². The lowest BCUT2D eigenvalue weighted by Gasteiger charge is -2.14. The van der Waals surface area contributed by atoms with E-state index in [1.165, 1.54) is 0 Å². The first-order valence-corrected chi connectivity index (χ1v) is 8.46. The number of hydrogen-bond donors (Lipinski definition) is 3. The quantitative estimate of drug-likeness (QED) is 0.242. The zero-order valence-electron chi connectivity index (χ0n) is 15.3. The molecule has 1 saturated heterocycles. The molecule has 4 N–H and O–H groups in total. The third-order valence-electron chi connectivity index (χ3n) is 3.76. The molecule has 0 saturated carbocycles. The number of aromatic nitrogens is 3. The molecule has 4 atom stereocenters. The van der Waals surface area contributed by atoms with Gasteiger partial charge in [0.05, 0.1) is 26.4 Å². The van der Waals surface area contributed by atoms with E-state index in [1.807, 2.05) is 0 Å². The van der Waals surface area contributed by atoms with E-state index in [-0.39, 0.29) is 25.6 Å². The third kappa shape index (κ3) is 6.19. The number of hydrogen-bond acceptors (Lipinski definition) is 11. The van der Waals surface area contributed by atoms with Gasteiger partial charge in [-0.1, -0.05) is 0 Å². The van der Waals surface area contributed by atoms with Crippen LogP contribution >= 0.6 is 0 Å². The Balaban J connectivity index is 1.70. The van der Waals surface area contributed by atoms with Gasteiger partial charge in [0.25, 0.3) is 5.91 Å². The fourth-order valence-corrected chi connectivity index (χ4v) is 2.33. The van der Waals surface area contributed by atoms with Crippen molar-refractivity contribution in [3.05, 3.63) is 12.2 Å². The standard InChI is InChI=1S/C15H24N4O9/c1-24-2-3-25-4-5-26-7-10(20)27-6-9-11(21)12(22)15(28-9)19-8-17-14(18-19)13(16)23/h8-9,11-12,15,21-22H,2-7H2,1H3,(H2,16,23). The Labute approximate surface area is 160 Å². The summed E-state index contributed by atoms with van der Waals surface area (Å²) in [5.41, 5.74) is 5.06. The average Bonchev–Trinajstić information content (AvgIpc) is 3.26. The van der Waals surface area contributed by atoms with Crippen LogP contribution in [0, 0.1) is 0 Å². The van der Waals surface area contributed by atoms with E-state index in [1.54, 1.807) is 7.11 Å². The van der Waals surface area contributed by atoms with Crippen molar-refractivity contribution in [2.45, 2.75) is 24.5 Å². The first-order valence-electron chi connectivity index (χ1n) is 8.46. The van der Waals surface area contributed by atoms with E-state index in [0.29, 0.717) is 19.8 Å². The Hall–Kier alpha value is -2.16. The van der Waals surface area contributed by atoms with Crippen LogP contribution in [0.4, 0.5) is 0 Å². The summed E-state index contributed by atoms with van der Waals surface area (Å²) in [6, 6.07) is 0. The fourth-order valence-electron chi connectivity index (χ4n) is 2.33. The van der Waals surface area contributed by atoms with Gasteiger partial charge in [-0.3, -0.25) is 4.79 Å². The Morgan fingerprint density at radius 1 is 1.21 bits per heavy atom. The van der Waals surface area contributed by atoms with Crippen LogP contribution in [0.2, 0.25) is 0 Å². The lowest BCUT2D eigenvalue weighted by atomic mass is 10.1. The number of amides is 1. The van der Waals surface area contributed by atoms with Crippen molar-refractivity contribution in [1.29, 1.82) is 0 Å². The number of aliphatic hydroxyl groups excluding tert-OH is 2. The maximum atomic E-state index is 11.7. The molecule has 1 aliphatic rings. The predicted octanol–water partition coefficient (Wildman–Crippen LogP) is -2.78. The number of methoxy groups -OCH3 is 1. The zero-order valence-corrected chi connectivity index (χ0v) is 15.3. The SMILES string of the molecule is COCCOCCOCC(=O)OCC1OC(n2cnc(C(N)=O)n2)C(O)C1O. The Kier molecular flexibility index (Phi) is 8.69. The highest BCUT2D eigenvalue weighted by molar-refractivity contribution is 5.88. The third-order valence-corrected chi connectivity index (χ3v) is 3.76. The number of rotatable bonds is 12. The van der Waals surface area contributed by atoms with E-state index in [2.05, 4.69) is 10.1 Å². The van der Waals surface area contributed by atoms with Crippen LogP contribution < -0.4 is 5.73 Å². The minimum atomic E-state index is -1.37. The molecule has 1 aliphatic heterocycles. The van der Waals surface area contributed by atoms with Crippen molar-refractivity contribution in [2.24, 2.45) is 5.73 Å². The zero-order chi connectivity index (χ0) is 20.5. The van der Waals surface area contributed by atoms with Gasteiger partial charge in [-0.25, -0.2) is 14.5 Å². The Morgan fingerprint density at radius 3 is 2.61 bits per heavy atom. The molecule has 28 heavy (non-hydrogen) atoms. The number of ether oxygens (including phenoxy) is 5. The van der Waals surface area contributed by atoms with Crippen LogP contribution in [-0.2, 0) is 28.5 Å². The topological polar surface area (TPSA) is 177 Å². The maximum absolute atomic E-state index is 11.7. The van der Waals surface area contributed by atoms with Crippen molar-refractivity contribution in [3.8, 4) is 0 Å². The molecule has 13 nitrogen and oxygen atoms in total. The van der Waals surface area contributed by atoms with Gasteiger partial charge in [-0.05, 0) is 0 Å². The molecule has 1 amide bonds. The molecule has 4 unspecified atom stereocenters. The summed E-state index contributed by atoms with van der Waals surface area (Å²) in [7, 11) is 1.56. The molecule has 1 aromatic rings. The number of aliphatic hydroxyl groups is 2. The summed E-state index contributed by atoms with van der Waals surface area (Å²) in [6.45, 7) is 0.803. The second-order valence-electron chi connectivity index (χ2n) is 5.80. The highest BCUT2D eigenvalue weighted by Crippen LogP contribution is 2.28. The number of nitrogens with zero attached hydrogens (tertiary/aromatic N) is 3. The van der Waals surface area contributed by atoms with Crippen LogP contribution in [0.1, 0.15) is 16.8 Å². The van der Waals surface area contributed by atoms with E-state index in [9.17, 15) is 19.8 Å². The molecule has 2 rings (SSSR count). The molecule has 158 valence electrons. The number of primary amides is 1. The average molecular weight is 404 g/mol. The fraction of sp³-hybridized carbons (Fsp3) is 0.733. The molecule has 0 radical (unpaired) electrons. The van der Waals surface area contributed by atoms with Gasteiger partial charge in [0.1, 0.15) is 37.9 Å². The van der Waals surface area contributed by atoms with Crippen LogP contribution in [0.25, 0.3) is 0 Å². The van der Waals surface area contributed by atoms with Gasteiger partial charge in [0.2, 0.25) is 5.82 Å². The summed E-state index contributed by atoms with van der Waals surface area (Å²) in [6.07, 6.45) is -3.68. The van der Waals surface area contributed by atoms with Crippen molar-refractivity contribution in [2.75, 3.05) is 46.8 Å². The van der Waals surface area contributed by atoms with Gasteiger partial charge in [-0.15, -0.1) is 5.10 Å². The summed E-state index contributed by atoms with van der Waals surface area (Å²) in [4.78, 5) is 26.4. The predicted molar refractivity (Wildman–Crippen MR) is 88.9 cm³/mol. The Bertz CT molecular complexity index is 641. The van der Waals surface area contributed by atoms with E-state index in [4.69, 9.17) is 29.4 Å². The largest absolute Gasteiger partial charge is 0.461 e. The highest BCUT2D eigenvalue weighted by Gasteiger charge is 2.45. The molecular formula is C15H24N4O9. The first kappa shape index (κ1) is 22.1. The second-order valence-corrected chi connectivity index (χ2v) is 5.80. The number of esters is 1. The van der Waals surface area contributed by atoms with Gasteiger partial charge >= 0.3 is 5.97 Å². The number of nitrogens with two attached hydrogens (primary N) is 1. The van der Waals surface area contributed by atoms with Crippen LogP contribution in [0.5, 0.6) is 0 Å². The van der Waals surface area contributed by atoms with Gasteiger partial charge in [0, 0.05) is 7.11 Å². The molecule has 0 aliphatic carbocycles.